The number of amides is 1. The van der Waals surface area contributed by atoms with Crippen molar-refractivity contribution in [2.24, 2.45) is 5.73 Å². The summed E-state index contributed by atoms with van der Waals surface area (Å²) in [5, 5.41) is 0. The van der Waals surface area contributed by atoms with Gasteiger partial charge in [-0.15, -0.1) is 0 Å². The minimum Gasteiger partial charge on any atom is -0.457 e. The lowest BCUT2D eigenvalue weighted by Gasteiger charge is -2.06. The van der Waals surface area contributed by atoms with Gasteiger partial charge >= 0.3 is 0 Å². The van der Waals surface area contributed by atoms with Crippen LogP contribution >= 0.6 is 0 Å². The van der Waals surface area contributed by atoms with Crippen LogP contribution in [0.15, 0.2) is 48.5 Å². The lowest BCUT2D eigenvalue weighted by Crippen LogP contribution is -2.10. The van der Waals surface area contributed by atoms with Crippen LogP contribution in [0.5, 0.6) is 11.5 Å². The average Bonchev–Trinajstić information content (AvgIpc) is 2.43. The van der Waals surface area contributed by atoms with Crippen LogP contribution in [-0.2, 0) is 11.2 Å². The largest absolute Gasteiger partial charge is 0.457 e. The SMILES string of the molecule is NC(=O)CCCc1ccc(Oc2ccc(F)cc2)cc1. The number of nitrogens with two attached hydrogens (primary N) is 1. The van der Waals surface area contributed by atoms with Gasteiger partial charge in [-0.2, -0.15) is 0 Å². The van der Waals surface area contributed by atoms with Crippen molar-refractivity contribution < 1.29 is 13.9 Å². The van der Waals surface area contributed by atoms with E-state index in [-0.39, 0.29) is 11.7 Å². The molecule has 2 aromatic rings. The first kappa shape index (κ1) is 14.1. The summed E-state index contributed by atoms with van der Waals surface area (Å²) in [6.45, 7) is 0. The molecule has 2 N–H and O–H groups in total. The summed E-state index contributed by atoms with van der Waals surface area (Å²) >= 11 is 0. The van der Waals surface area contributed by atoms with E-state index in [1.807, 2.05) is 24.3 Å². The predicted molar refractivity (Wildman–Crippen MR) is 75.0 cm³/mol. The van der Waals surface area contributed by atoms with Crippen LogP contribution in [-0.4, -0.2) is 5.91 Å². The predicted octanol–water partition coefficient (Wildman–Crippen LogP) is 3.43. The minimum atomic E-state index is -0.290. The Hall–Kier alpha value is -2.36. The third-order valence-electron chi connectivity index (χ3n) is 2.86. The number of carbonyl (C=O) groups excluding carboxylic acids is 1. The molecular formula is C16H16FNO2. The number of hydrogen-bond acceptors (Lipinski definition) is 2. The molecule has 2 aromatic carbocycles. The van der Waals surface area contributed by atoms with Crippen molar-refractivity contribution in [2.75, 3.05) is 0 Å². The Labute approximate surface area is 117 Å². The Morgan fingerprint density at radius 2 is 1.55 bits per heavy atom. The van der Waals surface area contributed by atoms with Crippen molar-refractivity contribution in [1.82, 2.24) is 0 Å². The summed E-state index contributed by atoms with van der Waals surface area (Å²) in [5.74, 6) is 0.714. The van der Waals surface area contributed by atoms with E-state index < -0.39 is 0 Å². The topological polar surface area (TPSA) is 52.3 Å². The molecule has 3 nitrogen and oxygen atoms in total. The van der Waals surface area contributed by atoms with E-state index in [0.29, 0.717) is 17.9 Å². The van der Waals surface area contributed by atoms with E-state index in [1.54, 1.807) is 12.1 Å². The molecule has 0 bridgehead atoms. The van der Waals surface area contributed by atoms with Gasteiger partial charge in [0.25, 0.3) is 0 Å². The molecule has 0 unspecified atom stereocenters. The van der Waals surface area contributed by atoms with Gasteiger partial charge in [0.05, 0.1) is 0 Å². The molecule has 0 aromatic heterocycles. The highest BCUT2D eigenvalue weighted by Crippen LogP contribution is 2.22. The zero-order chi connectivity index (χ0) is 14.4. The zero-order valence-electron chi connectivity index (χ0n) is 11.0. The molecule has 1 amide bonds. The summed E-state index contributed by atoms with van der Waals surface area (Å²) < 4.78 is 18.4. The quantitative estimate of drug-likeness (QED) is 0.876. The van der Waals surface area contributed by atoms with E-state index in [2.05, 4.69) is 0 Å². The maximum atomic E-state index is 12.8. The second-order valence-electron chi connectivity index (χ2n) is 4.52. The number of halogens is 1. The van der Waals surface area contributed by atoms with Gasteiger partial charge in [0.1, 0.15) is 17.3 Å². The molecule has 4 heteroatoms. The number of rotatable bonds is 6. The molecule has 0 atom stereocenters. The molecule has 0 saturated carbocycles. The monoisotopic (exact) mass is 273 g/mol. The van der Waals surface area contributed by atoms with E-state index in [9.17, 15) is 9.18 Å². The fourth-order valence-electron chi connectivity index (χ4n) is 1.83. The number of aryl methyl sites for hydroxylation is 1. The van der Waals surface area contributed by atoms with Gasteiger partial charge in [-0.05, 0) is 54.8 Å². The molecule has 0 aliphatic carbocycles. The third kappa shape index (κ3) is 4.39. The fraction of sp³-hybridized carbons (Fsp3) is 0.188. The normalized spacial score (nSPS) is 10.2. The van der Waals surface area contributed by atoms with Crippen molar-refractivity contribution in [3.05, 3.63) is 59.9 Å². The summed E-state index contributed by atoms with van der Waals surface area (Å²) in [6, 6.07) is 13.5. The van der Waals surface area contributed by atoms with Crippen LogP contribution in [0.25, 0.3) is 0 Å². The van der Waals surface area contributed by atoms with Crippen molar-refractivity contribution in [1.29, 1.82) is 0 Å². The van der Waals surface area contributed by atoms with Gasteiger partial charge in [-0.3, -0.25) is 4.79 Å². The van der Waals surface area contributed by atoms with Gasteiger partial charge in [0.15, 0.2) is 0 Å². The van der Waals surface area contributed by atoms with Crippen molar-refractivity contribution >= 4 is 5.91 Å². The second-order valence-corrected chi connectivity index (χ2v) is 4.52. The summed E-state index contributed by atoms with van der Waals surface area (Å²) in [4.78, 5) is 10.6. The Kier molecular flexibility index (Phi) is 4.71. The van der Waals surface area contributed by atoms with Gasteiger partial charge < -0.3 is 10.5 Å². The van der Waals surface area contributed by atoms with Crippen LogP contribution in [0.1, 0.15) is 18.4 Å². The molecule has 0 heterocycles. The fourth-order valence-corrected chi connectivity index (χ4v) is 1.83. The molecule has 0 saturated heterocycles. The van der Waals surface area contributed by atoms with Crippen LogP contribution in [0.2, 0.25) is 0 Å². The molecule has 0 fully saturated rings. The molecule has 20 heavy (non-hydrogen) atoms. The van der Waals surface area contributed by atoms with Crippen molar-refractivity contribution in [3.63, 3.8) is 0 Å². The minimum absolute atomic E-state index is 0.277. The standard InChI is InChI=1S/C16H16FNO2/c17-13-6-10-15(11-7-13)20-14-8-4-12(5-9-14)2-1-3-16(18)19/h4-11H,1-3H2,(H2,18,19). The number of ether oxygens (including phenoxy) is 1. The Morgan fingerprint density at radius 3 is 2.10 bits per heavy atom. The number of primary amides is 1. The highest BCUT2D eigenvalue weighted by Gasteiger charge is 2.00. The van der Waals surface area contributed by atoms with Crippen LogP contribution in [0.4, 0.5) is 4.39 Å². The van der Waals surface area contributed by atoms with Crippen molar-refractivity contribution in [2.45, 2.75) is 19.3 Å². The molecule has 0 radical (unpaired) electrons. The second kappa shape index (κ2) is 6.70. The van der Waals surface area contributed by atoms with E-state index >= 15 is 0 Å². The number of carbonyl (C=O) groups is 1. The number of hydrogen-bond donors (Lipinski definition) is 1. The Bertz CT molecular complexity index is 564. The molecule has 2 rings (SSSR count). The average molecular weight is 273 g/mol. The summed E-state index contributed by atoms with van der Waals surface area (Å²) in [5.41, 5.74) is 6.21. The molecule has 0 aliphatic rings. The summed E-state index contributed by atoms with van der Waals surface area (Å²) in [7, 11) is 0. The van der Waals surface area contributed by atoms with Gasteiger partial charge in [-0.1, -0.05) is 12.1 Å². The first-order valence-electron chi connectivity index (χ1n) is 6.44. The van der Waals surface area contributed by atoms with E-state index in [4.69, 9.17) is 10.5 Å². The van der Waals surface area contributed by atoms with Crippen molar-refractivity contribution in [3.8, 4) is 11.5 Å². The molecule has 0 spiro atoms. The summed E-state index contributed by atoms with van der Waals surface area (Å²) in [6.07, 6.45) is 1.95. The van der Waals surface area contributed by atoms with Gasteiger partial charge in [-0.25, -0.2) is 4.39 Å². The lowest BCUT2D eigenvalue weighted by atomic mass is 10.1. The highest BCUT2D eigenvalue weighted by atomic mass is 19.1. The molecular weight excluding hydrogens is 257 g/mol. The smallest absolute Gasteiger partial charge is 0.217 e. The third-order valence-corrected chi connectivity index (χ3v) is 2.86. The van der Waals surface area contributed by atoms with E-state index in [1.165, 1.54) is 12.1 Å². The Balaban J connectivity index is 1.91. The van der Waals surface area contributed by atoms with Crippen LogP contribution in [0, 0.1) is 5.82 Å². The van der Waals surface area contributed by atoms with Crippen LogP contribution < -0.4 is 10.5 Å². The lowest BCUT2D eigenvalue weighted by molar-refractivity contribution is -0.118. The molecule has 0 aliphatic heterocycles. The Morgan fingerprint density at radius 1 is 1.00 bits per heavy atom. The number of benzene rings is 2. The maximum absolute atomic E-state index is 12.8. The highest BCUT2D eigenvalue weighted by molar-refractivity contribution is 5.73. The van der Waals surface area contributed by atoms with E-state index in [0.717, 1.165) is 18.4 Å². The maximum Gasteiger partial charge on any atom is 0.217 e. The van der Waals surface area contributed by atoms with Crippen LogP contribution in [0.3, 0.4) is 0 Å². The first-order chi connectivity index (χ1) is 9.63. The zero-order valence-corrected chi connectivity index (χ0v) is 11.0. The van der Waals surface area contributed by atoms with Gasteiger partial charge in [0, 0.05) is 6.42 Å². The van der Waals surface area contributed by atoms with Gasteiger partial charge in [0.2, 0.25) is 5.91 Å². The molecule has 104 valence electrons. The first-order valence-corrected chi connectivity index (χ1v) is 6.44.